The molecule has 0 saturated carbocycles. The Morgan fingerprint density at radius 1 is 1.23 bits per heavy atom. The van der Waals surface area contributed by atoms with Crippen LogP contribution in [0.25, 0.3) is 0 Å². The lowest BCUT2D eigenvalue weighted by atomic mass is 10.1. The molecule has 2 aromatic rings. The maximum atomic E-state index is 6.29. The monoisotopic (exact) mass is 373 g/mol. The quantitative estimate of drug-likeness (QED) is 0.589. The number of guanidine groups is 1. The Bertz CT molecular complexity index is 821. The minimum absolute atomic E-state index is 0.368. The Labute approximate surface area is 159 Å². The Morgan fingerprint density at radius 3 is 2.81 bits per heavy atom. The lowest BCUT2D eigenvalue weighted by Gasteiger charge is -2.13. The number of nitrogens with zero attached hydrogens (tertiary/aromatic N) is 1. The summed E-state index contributed by atoms with van der Waals surface area (Å²) >= 11 is 6.29. The summed E-state index contributed by atoms with van der Waals surface area (Å²) in [7, 11) is 1.59. The molecule has 5 nitrogen and oxygen atoms in total. The first-order valence-electron chi connectivity index (χ1n) is 8.78. The summed E-state index contributed by atoms with van der Waals surface area (Å²) in [6.07, 6.45) is 3.52. The molecule has 1 aliphatic rings. The van der Waals surface area contributed by atoms with Crippen LogP contribution in [0.1, 0.15) is 30.0 Å². The number of methoxy groups -OCH3 is 1. The van der Waals surface area contributed by atoms with E-state index in [0.29, 0.717) is 35.6 Å². The van der Waals surface area contributed by atoms with Crippen LogP contribution < -0.4 is 20.5 Å². The van der Waals surface area contributed by atoms with E-state index in [0.717, 1.165) is 17.7 Å². The standard InChI is InChI=1S/C20H24ClN3O2/c1-3-26-19-17(21)9-13(10-18(19)25-2)12-23-20(22)24-16-8-7-14-5-4-6-15(14)11-16/h7-11H,3-6,12H2,1-2H3,(H3,22,23,24). The third kappa shape index (κ3) is 4.22. The Kier molecular flexibility index (Phi) is 5.89. The maximum Gasteiger partial charge on any atom is 0.193 e. The summed E-state index contributed by atoms with van der Waals surface area (Å²) in [5, 5.41) is 3.66. The highest BCUT2D eigenvalue weighted by Crippen LogP contribution is 2.36. The van der Waals surface area contributed by atoms with Crippen molar-refractivity contribution in [2.75, 3.05) is 19.0 Å². The fourth-order valence-corrected chi connectivity index (χ4v) is 3.45. The first kappa shape index (κ1) is 18.4. The number of hydrogen-bond acceptors (Lipinski definition) is 3. The van der Waals surface area contributed by atoms with Crippen molar-refractivity contribution in [3.05, 3.63) is 52.0 Å². The predicted octanol–water partition coefficient (Wildman–Crippen LogP) is 4.16. The van der Waals surface area contributed by atoms with Crippen LogP contribution in [0.2, 0.25) is 5.02 Å². The van der Waals surface area contributed by atoms with Crippen LogP contribution >= 0.6 is 11.6 Å². The molecule has 0 unspecified atom stereocenters. The first-order chi connectivity index (χ1) is 12.6. The van der Waals surface area contributed by atoms with Crippen LogP contribution in [0.5, 0.6) is 11.5 Å². The molecule has 3 N–H and O–H groups in total. The Hall–Kier alpha value is -2.40. The van der Waals surface area contributed by atoms with Gasteiger partial charge in [-0.05, 0) is 67.1 Å². The number of benzene rings is 2. The molecule has 0 aromatic heterocycles. The van der Waals surface area contributed by atoms with E-state index in [1.165, 1.54) is 24.0 Å². The van der Waals surface area contributed by atoms with Crippen molar-refractivity contribution in [1.82, 2.24) is 0 Å². The Balaban J connectivity index is 1.69. The van der Waals surface area contributed by atoms with Gasteiger partial charge in [0.2, 0.25) is 0 Å². The molecule has 2 aromatic carbocycles. The second kappa shape index (κ2) is 8.32. The van der Waals surface area contributed by atoms with Gasteiger partial charge in [-0.15, -0.1) is 0 Å². The number of rotatable bonds is 6. The molecule has 26 heavy (non-hydrogen) atoms. The van der Waals surface area contributed by atoms with Gasteiger partial charge in [0.25, 0.3) is 0 Å². The molecule has 6 heteroatoms. The number of fused-ring (bicyclic) bond motifs is 1. The molecule has 0 amide bonds. The zero-order valence-electron chi connectivity index (χ0n) is 15.1. The van der Waals surface area contributed by atoms with Gasteiger partial charge in [0.1, 0.15) is 0 Å². The van der Waals surface area contributed by atoms with Gasteiger partial charge in [-0.1, -0.05) is 17.7 Å². The van der Waals surface area contributed by atoms with Crippen LogP contribution in [0.15, 0.2) is 35.3 Å². The van der Waals surface area contributed by atoms with Gasteiger partial charge in [0.15, 0.2) is 17.5 Å². The van der Waals surface area contributed by atoms with Crippen molar-refractivity contribution in [3.8, 4) is 11.5 Å². The number of aryl methyl sites for hydroxylation is 2. The normalized spacial score (nSPS) is 13.4. The lowest BCUT2D eigenvalue weighted by Crippen LogP contribution is -2.22. The number of aliphatic imine (C=N–C) groups is 1. The van der Waals surface area contributed by atoms with E-state index in [9.17, 15) is 0 Å². The summed E-state index contributed by atoms with van der Waals surface area (Å²) in [5.41, 5.74) is 10.7. The third-order valence-electron chi connectivity index (χ3n) is 4.38. The molecule has 0 radical (unpaired) electrons. The van der Waals surface area contributed by atoms with Gasteiger partial charge in [-0.2, -0.15) is 0 Å². The Morgan fingerprint density at radius 2 is 2.04 bits per heavy atom. The molecular weight excluding hydrogens is 350 g/mol. The number of ether oxygens (including phenoxy) is 2. The van der Waals surface area contributed by atoms with E-state index in [4.69, 9.17) is 26.8 Å². The van der Waals surface area contributed by atoms with E-state index in [-0.39, 0.29) is 0 Å². The van der Waals surface area contributed by atoms with Gasteiger partial charge < -0.3 is 20.5 Å². The lowest BCUT2D eigenvalue weighted by molar-refractivity contribution is 0.311. The molecule has 0 atom stereocenters. The highest BCUT2D eigenvalue weighted by atomic mass is 35.5. The second-order valence-corrected chi connectivity index (χ2v) is 6.61. The van der Waals surface area contributed by atoms with Crippen LogP contribution in [0.4, 0.5) is 5.69 Å². The van der Waals surface area contributed by atoms with E-state index in [1.807, 2.05) is 25.1 Å². The highest BCUT2D eigenvalue weighted by Gasteiger charge is 2.12. The molecule has 0 saturated heterocycles. The van der Waals surface area contributed by atoms with Crippen molar-refractivity contribution in [1.29, 1.82) is 0 Å². The van der Waals surface area contributed by atoms with Crippen LogP contribution in [0.3, 0.4) is 0 Å². The minimum Gasteiger partial charge on any atom is -0.493 e. The molecular formula is C20H24ClN3O2. The fraction of sp³-hybridized carbons (Fsp3) is 0.350. The number of halogens is 1. The van der Waals surface area contributed by atoms with Crippen molar-refractivity contribution in [3.63, 3.8) is 0 Å². The van der Waals surface area contributed by atoms with E-state index < -0.39 is 0 Å². The minimum atomic E-state index is 0.368. The fourth-order valence-electron chi connectivity index (χ4n) is 3.16. The zero-order valence-corrected chi connectivity index (χ0v) is 15.9. The first-order valence-corrected chi connectivity index (χ1v) is 9.16. The number of nitrogens with one attached hydrogen (secondary N) is 1. The summed E-state index contributed by atoms with van der Waals surface area (Å²) in [5.74, 6) is 1.51. The van der Waals surface area contributed by atoms with Crippen LogP contribution in [-0.2, 0) is 19.4 Å². The van der Waals surface area contributed by atoms with Gasteiger partial charge >= 0.3 is 0 Å². The summed E-state index contributed by atoms with van der Waals surface area (Å²) in [6.45, 7) is 2.82. The van der Waals surface area contributed by atoms with Gasteiger partial charge in [-0.3, -0.25) is 0 Å². The molecule has 138 valence electrons. The third-order valence-corrected chi connectivity index (χ3v) is 4.66. The average Bonchev–Trinajstić information content (AvgIpc) is 3.09. The second-order valence-electron chi connectivity index (χ2n) is 6.21. The molecule has 1 aliphatic carbocycles. The number of anilines is 1. The van der Waals surface area contributed by atoms with Gasteiger partial charge in [-0.25, -0.2) is 4.99 Å². The molecule has 0 spiro atoms. The summed E-state index contributed by atoms with van der Waals surface area (Å²) in [6, 6.07) is 10.0. The number of nitrogens with two attached hydrogens (primary N) is 1. The van der Waals surface area contributed by atoms with Crippen LogP contribution in [-0.4, -0.2) is 19.7 Å². The number of hydrogen-bond donors (Lipinski definition) is 2. The van der Waals surface area contributed by atoms with E-state index >= 15 is 0 Å². The maximum absolute atomic E-state index is 6.29. The molecule has 0 fully saturated rings. The summed E-state index contributed by atoms with van der Waals surface area (Å²) in [4.78, 5) is 4.40. The van der Waals surface area contributed by atoms with Crippen LogP contribution in [0, 0.1) is 0 Å². The van der Waals surface area contributed by atoms with Crippen molar-refractivity contribution >= 4 is 23.2 Å². The zero-order chi connectivity index (χ0) is 18.5. The smallest absolute Gasteiger partial charge is 0.193 e. The van der Waals surface area contributed by atoms with Crippen molar-refractivity contribution < 1.29 is 9.47 Å². The topological polar surface area (TPSA) is 68.9 Å². The molecule has 0 heterocycles. The summed E-state index contributed by atoms with van der Waals surface area (Å²) < 4.78 is 10.9. The molecule has 0 bridgehead atoms. The van der Waals surface area contributed by atoms with E-state index in [2.05, 4.69) is 22.4 Å². The van der Waals surface area contributed by atoms with Crippen molar-refractivity contribution in [2.24, 2.45) is 10.7 Å². The van der Waals surface area contributed by atoms with Crippen molar-refractivity contribution in [2.45, 2.75) is 32.7 Å². The molecule has 3 rings (SSSR count). The SMILES string of the molecule is CCOc1c(Cl)cc(CN=C(N)Nc2ccc3c(c2)CCC3)cc1OC. The predicted molar refractivity (Wildman–Crippen MR) is 107 cm³/mol. The van der Waals surface area contributed by atoms with Gasteiger partial charge in [0.05, 0.1) is 25.3 Å². The van der Waals surface area contributed by atoms with E-state index in [1.54, 1.807) is 7.11 Å². The molecule has 0 aliphatic heterocycles. The largest absolute Gasteiger partial charge is 0.493 e. The highest BCUT2D eigenvalue weighted by molar-refractivity contribution is 6.32. The average molecular weight is 374 g/mol. The van der Waals surface area contributed by atoms with Gasteiger partial charge in [0, 0.05) is 5.69 Å².